The van der Waals surface area contributed by atoms with E-state index >= 15 is 0 Å². The van der Waals surface area contributed by atoms with Crippen LogP contribution in [0.2, 0.25) is 0 Å². The quantitative estimate of drug-likeness (QED) is 0.538. The Morgan fingerprint density at radius 2 is 1.67 bits per heavy atom. The molecule has 2 N–H and O–H groups in total. The van der Waals surface area contributed by atoms with E-state index in [4.69, 9.17) is 0 Å². The first-order valence-electron chi connectivity index (χ1n) is 9.73. The lowest BCUT2D eigenvalue weighted by molar-refractivity contribution is -0.116. The van der Waals surface area contributed by atoms with Crippen molar-refractivity contribution in [3.63, 3.8) is 0 Å². The Morgan fingerprint density at radius 3 is 2.33 bits per heavy atom. The van der Waals surface area contributed by atoms with E-state index in [1.165, 1.54) is 11.8 Å². The molecule has 2 amide bonds. The lowest BCUT2D eigenvalue weighted by atomic mass is 10.2. The third-order valence-corrected chi connectivity index (χ3v) is 5.93. The molecule has 0 fully saturated rings. The molecule has 8 heteroatoms. The monoisotopic (exact) mass is 423 g/mol. The highest BCUT2D eigenvalue weighted by Gasteiger charge is 2.22. The van der Waals surface area contributed by atoms with Crippen LogP contribution in [0.15, 0.2) is 59.8 Å². The molecule has 0 saturated carbocycles. The van der Waals surface area contributed by atoms with Crippen molar-refractivity contribution in [3.05, 3.63) is 66.0 Å². The van der Waals surface area contributed by atoms with Crippen molar-refractivity contribution in [2.24, 2.45) is 7.05 Å². The summed E-state index contributed by atoms with van der Waals surface area (Å²) in [6.07, 6.45) is 0.740. The van der Waals surface area contributed by atoms with Gasteiger partial charge in [-0.1, -0.05) is 54.6 Å². The Balaban J connectivity index is 1.61. The molecule has 0 unspecified atom stereocenters. The zero-order chi connectivity index (χ0) is 21.5. The van der Waals surface area contributed by atoms with Crippen LogP contribution in [0, 0.1) is 6.92 Å². The number of anilines is 2. The maximum Gasteiger partial charge on any atom is 0.237 e. The van der Waals surface area contributed by atoms with Gasteiger partial charge in [0.1, 0.15) is 5.82 Å². The van der Waals surface area contributed by atoms with Crippen molar-refractivity contribution >= 4 is 35.0 Å². The number of para-hydroxylation sites is 1. The molecule has 3 rings (SSSR count). The summed E-state index contributed by atoms with van der Waals surface area (Å²) < 4.78 is 1.76. The van der Waals surface area contributed by atoms with E-state index < -0.39 is 0 Å². The summed E-state index contributed by atoms with van der Waals surface area (Å²) in [7, 11) is 1.80. The standard InChI is InChI=1S/C22H25N5O2S/c1-4-18(21(29)24-16-8-6-5-7-9-16)30-22-26-25-19(27(22)3)14-20(28)23-17-12-10-15(2)11-13-17/h5-13,18H,4,14H2,1-3H3,(H,23,28)(H,24,29)/t18-/m1/s1. The zero-order valence-corrected chi connectivity index (χ0v) is 18.1. The highest BCUT2D eigenvalue weighted by Crippen LogP contribution is 2.25. The second-order valence-electron chi connectivity index (χ2n) is 6.92. The van der Waals surface area contributed by atoms with Crippen molar-refractivity contribution < 1.29 is 9.59 Å². The number of amides is 2. The van der Waals surface area contributed by atoms with Crippen molar-refractivity contribution in [2.75, 3.05) is 10.6 Å². The first kappa shape index (κ1) is 21.6. The van der Waals surface area contributed by atoms with E-state index in [-0.39, 0.29) is 23.5 Å². The maximum atomic E-state index is 12.6. The van der Waals surface area contributed by atoms with Gasteiger partial charge in [-0.25, -0.2) is 0 Å². The second kappa shape index (κ2) is 10.1. The van der Waals surface area contributed by atoms with Crippen molar-refractivity contribution in [2.45, 2.75) is 37.1 Å². The molecule has 0 aliphatic heterocycles. The van der Waals surface area contributed by atoms with Gasteiger partial charge in [-0.2, -0.15) is 0 Å². The molecule has 1 atom stereocenters. The molecule has 2 aromatic carbocycles. The summed E-state index contributed by atoms with van der Waals surface area (Å²) >= 11 is 1.34. The van der Waals surface area contributed by atoms with Crippen molar-refractivity contribution in [1.29, 1.82) is 0 Å². The van der Waals surface area contributed by atoms with Gasteiger partial charge in [0.15, 0.2) is 5.16 Å². The Labute approximate surface area is 180 Å². The Hall–Kier alpha value is -3.13. The number of carbonyl (C=O) groups is 2. The van der Waals surface area contributed by atoms with Crippen LogP contribution in [0.1, 0.15) is 24.7 Å². The predicted octanol–water partition coefficient (Wildman–Crippen LogP) is 3.81. The number of aryl methyl sites for hydroxylation is 1. The zero-order valence-electron chi connectivity index (χ0n) is 17.3. The third kappa shape index (κ3) is 5.70. The molecule has 7 nitrogen and oxygen atoms in total. The summed E-state index contributed by atoms with van der Waals surface area (Å²) in [4.78, 5) is 25.0. The molecule has 156 valence electrons. The van der Waals surface area contributed by atoms with Gasteiger partial charge >= 0.3 is 0 Å². The number of nitrogens with one attached hydrogen (secondary N) is 2. The number of thioether (sulfide) groups is 1. The fourth-order valence-corrected chi connectivity index (χ4v) is 3.72. The molecule has 0 saturated heterocycles. The SMILES string of the molecule is CC[C@@H](Sc1nnc(CC(=O)Nc2ccc(C)cc2)n1C)C(=O)Nc1ccccc1. The van der Waals surface area contributed by atoms with Gasteiger partial charge in [-0.15, -0.1) is 10.2 Å². The molecule has 0 spiro atoms. The van der Waals surface area contributed by atoms with Gasteiger partial charge < -0.3 is 15.2 Å². The van der Waals surface area contributed by atoms with Gasteiger partial charge in [0.2, 0.25) is 11.8 Å². The smallest absolute Gasteiger partial charge is 0.237 e. The minimum absolute atomic E-state index is 0.0876. The lowest BCUT2D eigenvalue weighted by Crippen LogP contribution is -2.25. The number of aromatic nitrogens is 3. The second-order valence-corrected chi connectivity index (χ2v) is 8.09. The maximum absolute atomic E-state index is 12.6. The summed E-state index contributed by atoms with van der Waals surface area (Å²) in [5.41, 5.74) is 2.63. The largest absolute Gasteiger partial charge is 0.326 e. The normalized spacial score (nSPS) is 11.7. The highest BCUT2D eigenvalue weighted by atomic mass is 32.2. The summed E-state index contributed by atoms with van der Waals surface area (Å²) in [5, 5.41) is 14.4. The van der Waals surface area contributed by atoms with E-state index in [1.807, 2.05) is 68.4 Å². The Bertz CT molecular complexity index is 1000. The molecule has 0 radical (unpaired) electrons. The number of rotatable bonds is 8. The van der Waals surface area contributed by atoms with Gasteiger partial charge in [-0.05, 0) is 37.6 Å². The minimum atomic E-state index is -0.317. The highest BCUT2D eigenvalue weighted by molar-refractivity contribution is 8.00. The van der Waals surface area contributed by atoms with E-state index in [0.29, 0.717) is 17.4 Å². The first-order valence-corrected chi connectivity index (χ1v) is 10.6. The van der Waals surface area contributed by atoms with Gasteiger partial charge in [-0.3, -0.25) is 9.59 Å². The number of nitrogens with zero attached hydrogens (tertiary/aromatic N) is 3. The van der Waals surface area contributed by atoms with Crippen LogP contribution in [0.4, 0.5) is 11.4 Å². The third-order valence-electron chi connectivity index (χ3n) is 4.53. The van der Waals surface area contributed by atoms with E-state index in [1.54, 1.807) is 11.6 Å². The van der Waals surface area contributed by atoms with Crippen LogP contribution < -0.4 is 10.6 Å². The molecule has 1 aromatic heterocycles. The molecule has 30 heavy (non-hydrogen) atoms. The fourth-order valence-electron chi connectivity index (χ4n) is 2.78. The number of hydrogen-bond donors (Lipinski definition) is 2. The predicted molar refractivity (Wildman–Crippen MR) is 120 cm³/mol. The molecule has 0 aliphatic rings. The van der Waals surface area contributed by atoms with Crippen LogP contribution in [-0.2, 0) is 23.1 Å². The molecule has 1 heterocycles. The van der Waals surface area contributed by atoms with E-state index in [0.717, 1.165) is 16.9 Å². The molecule has 3 aromatic rings. The van der Waals surface area contributed by atoms with Crippen LogP contribution >= 0.6 is 11.8 Å². The average molecular weight is 424 g/mol. The van der Waals surface area contributed by atoms with Crippen LogP contribution in [-0.4, -0.2) is 31.8 Å². The molecule has 0 bridgehead atoms. The Kier molecular flexibility index (Phi) is 7.24. The summed E-state index contributed by atoms with van der Waals surface area (Å²) in [5.74, 6) is 0.288. The first-order chi connectivity index (χ1) is 14.5. The van der Waals surface area contributed by atoms with Crippen LogP contribution in [0.5, 0.6) is 0 Å². The number of hydrogen-bond acceptors (Lipinski definition) is 5. The van der Waals surface area contributed by atoms with E-state index in [2.05, 4.69) is 20.8 Å². The van der Waals surface area contributed by atoms with Crippen molar-refractivity contribution in [3.8, 4) is 0 Å². The van der Waals surface area contributed by atoms with Crippen LogP contribution in [0.3, 0.4) is 0 Å². The van der Waals surface area contributed by atoms with Gasteiger partial charge in [0, 0.05) is 18.4 Å². The average Bonchev–Trinajstić information content (AvgIpc) is 3.07. The van der Waals surface area contributed by atoms with Gasteiger partial charge in [0.05, 0.1) is 11.7 Å². The number of carbonyl (C=O) groups excluding carboxylic acids is 2. The Morgan fingerprint density at radius 1 is 1.00 bits per heavy atom. The molecule has 0 aliphatic carbocycles. The van der Waals surface area contributed by atoms with Crippen LogP contribution in [0.25, 0.3) is 0 Å². The minimum Gasteiger partial charge on any atom is -0.326 e. The summed E-state index contributed by atoms with van der Waals surface area (Å²) in [6, 6.07) is 17.0. The summed E-state index contributed by atoms with van der Waals surface area (Å²) in [6.45, 7) is 3.95. The topological polar surface area (TPSA) is 88.9 Å². The number of benzene rings is 2. The van der Waals surface area contributed by atoms with Crippen molar-refractivity contribution in [1.82, 2.24) is 14.8 Å². The molecular formula is C22H25N5O2S. The molecular weight excluding hydrogens is 398 g/mol. The van der Waals surface area contributed by atoms with Gasteiger partial charge in [0.25, 0.3) is 0 Å². The lowest BCUT2D eigenvalue weighted by Gasteiger charge is -2.14. The van der Waals surface area contributed by atoms with E-state index in [9.17, 15) is 9.59 Å². The fraction of sp³-hybridized carbons (Fsp3) is 0.273.